The molecule has 2 atom stereocenters. The summed E-state index contributed by atoms with van der Waals surface area (Å²) in [6, 6.07) is 0. The maximum absolute atomic E-state index is 11.9. The largest absolute Gasteiger partial charge is 0.481 e. The van der Waals surface area contributed by atoms with Crippen molar-refractivity contribution in [3.05, 3.63) is 0 Å². The van der Waals surface area contributed by atoms with Crippen molar-refractivity contribution < 1.29 is 19.8 Å². The molecule has 0 spiro atoms. The zero-order valence-electron chi connectivity index (χ0n) is 9.86. The Morgan fingerprint density at radius 1 is 1.31 bits per heavy atom. The summed E-state index contributed by atoms with van der Waals surface area (Å²) in [7, 11) is 0. The predicted molar refractivity (Wildman–Crippen MR) is 61.5 cm³/mol. The van der Waals surface area contributed by atoms with Crippen molar-refractivity contribution in [1.82, 2.24) is 0 Å². The molecule has 0 radical (unpaired) electrons. The monoisotopic (exact) mass is 250 g/mol. The van der Waals surface area contributed by atoms with Crippen LogP contribution >= 0.6 is 11.6 Å². The van der Waals surface area contributed by atoms with Crippen LogP contribution < -0.4 is 0 Å². The van der Waals surface area contributed by atoms with Crippen LogP contribution in [0.2, 0.25) is 0 Å². The van der Waals surface area contributed by atoms with E-state index in [2.05, 4.69) is 0 Å². The lowest BCUT2D eigenvalue weighted by Gasteiger charge is -2.24. The fourth-order valence-electron chi connectivity index (χ4n) is 1.50. The minimum atomic E-state index is -1.04. The summed E-state index contributed by atoms with van der Waals surface area (Å²) in [5.74, 6) is -1.86. The van der Waals surface area contributed by atoms with Gasteiger partial charge in [0.2, 0.25) is 0 Å². The van der Waals surface area contributed by atoms with E-state index >= 15 is 0 Å². The first-order chi connectivity index (χ1) is 7.18. The molecule has 0 aliphatic heterocycles. The van der Waals surface area contributed by atoms with E-state index in [1.165, 1.54) is 0 Å². The van der Waals surface area contributed by atoms with Crippen LogP contribution in [-0.2, 0) is 9.59 Å². The topological polar surface area (TPSA) is 74.6 Å². The Hall–Kier alpha value is -0.610. The number of aliphatic carboxylic acids is 1. The number of rotatable bonds is 6. The second-order valence-corrected chi connectivity index (χ2v) is 5.26. The van der Waals surface area contributed by atoms with Gasteiger partial charge in [0.15, 0.2) is 0 Å². The predicted octanol–water partition coefficient (Wildman–Crippen LogP) is 1.68. The fraction of sp³-hybridized carbons (Fsp3) is 0.818. The van der Waals surface area contributed by atoms with E-state index in [0.717, 1.165) is 0 Å². The molecule has 16 heavy (non-hydrogen) atoms. The Labute approximate surface area is 101 Å². The van der Waals surface area contributed by atoms with Crippen LogP contribution in [0.4, 0.5) is 0 Å². The zero-order chi connectivity index (χ0) is 12.9. The lowest BCUT2D eigenvalue weighted by atomic mass is 9.79. The minimum Gasteiger partial charge on any atom is -0.481 e. The van der Waals surface area contributed by atoms with E-state index in [4.69, 9.17) is 16.7 Å². The molecule has 0 aliphatic rings. The Morgan fingerprint density at radius 3 is 2.12 bits per heavy atom. The number of carboxylic acids is 1. The van der Waals surface area contributed by atoms with Gasteiger partial charge in [-0.25, -0.2) is 0 Å². The van der Waals surface area contributed by atoms with E-state index < -0.39 is 23.4 Å². The van der Waals surface area contributed by atoms with Crippen molar-refractivity contribution in [2.45, 2.75) is 39.7 Å². The van der Waals surface area contributed by atoms with Gasteiger partial charge in [-0.05, 0) is 6.42 Å². The lowest BCUT2D eigenvalue weighted by Crippen LogP contribution is -2.32. The number of carbonyl (C=O) groups is 2. The van der Waals surface area contributed by atoms with Crippen LogP contribution in [0.5, 0.6) is 0 Å². The van der Waals surface area contributed by atoms with Crippen molar-refractivity contribution in [2.24, 2.45) is 11.3 Å². The summed E-state index contributed by atoms with van der Waals surface area (Å²) in [6.07, 6.45) is -0.993. The average molecular weight is 251 g/mol. The van der Waals surface area contributed by atoms with Gasteiger partial charge in [-0.2, -0.15) is 0 Å². The fourth-order valence-corrected chi connectivity index (χ4v) is 1.62. The van der Waals surface area contributed by atoms with Crippen molar-refractivity contribution >= 4 is 23.4 Å². The summed E-state index contributed by atoms with van der Waals surface area (Å²) < 4.78 is 0. The molecule has 2 N–H and O–H groups in total. The summed E-state index contributed by atoms with van der Waals surface area (Å²) in [6.45, 7) is 5.20. The number of alkyl halides is 1. The third-order valence-corrected chi connectivity index (χ3v) is 2.62. The van der Waals surface area contributed by atoms with Crippen molar-refractivity contribution in [1.29, 1.82) is 0 Å². The van der Waals surface area contributed by atoms with Gasteiger partial charge in [-0.3, -0.25) is 9.59 Å². The number of hydrogen-bond acceptors (Lipinski definition) is 3. The Bertz CT molecular complexity index is 257. The number of aliphatic hydroxyl groups is 1. The molecular formula is C11H19ClO4. The molecule has 0 aliphatic carbocycles. The number of Topliss-reactive ketones (excluding diaryl/α,β-unsaturated/α-hetero) is 1. The second kappa shape index (κ2) is 6.21. The molecule has 0 bridgehead atoms. The summed E-state index contributed by atoms with van der Waals surface area (Å²) >= 11 is 5.44. The highest BCUT2D eigenvalue weighted by Crippen LogP contribution is 2.25. The molecular weight excluding hydrogens is 232 g/mol. The van der Waals surface area contributed by atoms with E-state index in [9.17, 15) is 14.7 Å². The van der Waals surface area contributed by atoms with Crippen LogP contribution in [0.1, 0.15) is 33.6 Å². The molecule has 5 heteroatoms. The number of carboxylic acid groups (broad SMARTS) is 1. The maximum Gasteiger partial charge on any atom is 0.304 e. The smallest absolute Gasteiger partial charge is 0.304 e. The average Bonchev–Trinajstić information content (AvgIpc) is 2.13. The molecule has 0 aromatic rings. The standard InChI is InChI=1S/C11H19ClO4/c1-11(2,3)10(16)7(5-9(14)15)4-8(13)6-12/h7-8,13H,4-6H2,1-3H3,(H,14,15). The van der Waals surface area contributed by atoms with E-state index in [1.807, 2.05) is 0 Å². The molecule has 0 aromatic heterocycles. The third-order valence-electron chi connectivity index (χ3n) is 2.27. The maximum atomic E-state index is 11.9. The van der Waals surface area contributed by atoms with Gasteiger partial charge in [0.1, 0.15) is 5.78 Å². The molecule has 0 amide bonds. The third kappa shape index (κ3) is 5.47. The summed E-state index contributed by atoms with van der Waals surface area (Å²) in [4.78, 5) is 22.6. The molecule has 94 valence electrons. The van der Waals surface area contributed by atoms with Crippen molar-refractivity contribution in [3.8, 4) is 0 Å². The number of hydrogen-bond donors (Lipinski definition) is 2. The number of carbonyl (C=O) groups excluding carboxylic acids is 1. The van der Waals surface area contributed by atoms with Crippen LogP contribution in [0.15, 0.2) is 0 Å². The lowest BCUT2D eigenvalue weighted by molar-refractivity contribution is -0.143. The van der Waals surface area contributed by atoms with Crippen molar-refractivity contribution in [3.63, 3.8) is 0 Å². The van der Waals surface area contributed by atoms with Crippen LogP contribution in [0.3, 0.4) is 0 Å². The molecule has 0 aromatic carbocycles. The van der Waals surface area contributed by atoms with Crippen molar-refractivity contribution in [2.75, 3.05) is 5.88 Å². The van der Waals surface area contributed by atoms with Crippen LogP contribution in [0.25, 0.3) is 0 Å². The molecule has 0 heterocycles. The minimum absolute atomic E-state index is 0.00748. The highest BCUT2D eigenvalue weighted by atomic mass is 35.5. The first kappa shape index (κ1) is 15.4. The van der Waals surface area contributed by atoms with E-state index in [0.29, 0.717) is 0 Å². The van der Waals surface area contributed by atoms with Gasteiger partial charge in [-0.1, -0.05) is 20.8 Å². The first-order valence-corrected chi connectivity index (χ1v) is 5.72. The summed E-state index contributed by atoms with van der Waals surface area (Å²) in [5, 5.41) is 18.1. The summed E-state index contributed by atoms with van der Waals surface area (Å²) in [5.41, 5.74) is -0.605. The number of halogens is 1. The molecule has 4 nitrogen and oxygen atoms in total. The van der Waals surface area contributed by atoms with Gasteiger partial charge in [0.05, 0.1) is 12.5 Å². The highest BCUT2D eigenvalue weighted by Gasteiger charge is 2.32. The van der Waals surface area contributed by atoms with E-state index in [-0.39, 0.29) is 24.5 Å². The van der Waals surface area contributed by atoms with Crippen LogP contribution in [0, 0.1) is 11.3 Å². The molecule has 0 fully saturated rings. The van der Waals surface area contributed by atoms with Gasteiger partial charge in [-0.15, -0.1) is 11.6 Å². The number of aliphatic hydroxyl groups excluding tert-OH is 1. The molecule has 0 rings (SSSR count). The Morgan fingerprint density at radius 2 is 1.81 bits per heavy atom. The van der Waals surface area contributed by atoms with Gasteiger partial charge >= 0.3 is 5.97 Å². The zero-order valence-corrected chi connectivity index (χ0v) is 10.6. The van der Waals surface area contributed by atoms with Gasteiger partial charge in [0.25, 0.3) is 0 Å². The Kier molecular flexibility index (Phi) is 5.97. The quantitative estimate of drug-likeness (QED) is 0.704. The van der Waals surface area contributed by atoms with E-state index in [1.54, 1.807) is 20.8 Å². The normalized spacial score (nSPS) is 15.6. The second-order valence-electron chi connectivity index (χ2n) is 4.95. The van der Waals surface area contributed by atoms with Crippen LogP contribution in [-0.4, -0.2) is 33.9 Å². The highest BCUT2D eigenvalue weighted by molar-refractivity contribution is 6.18. The SMILES string of the molecule is CC(C)(C)C(=O)C(CC(=O)O)CC(O)CCl. The molecule has 0 saturated carbocycles. The van der Waals surface area contributed by atoms with Gasteiger partial charge < -0.3 is 10.2 Å². The number of ketones is 1. The Balaban J connectivity index is 4.67. The first-order valence-electron chi connectivity index (χ1n) is 5.18. The molecule has 0 saturated heterocycles. The van der Waals surface area contributed by atoms with Gasteiger partial charge in [0, 0.05) is 17.2 Å². The molecule has 2 unspecified atom stereocenters.